The van der Waals surface area contributed by atoms with Gasteiger partial charge in [0.2, 0.25) is 0 Å². The highest BCUT2D eigenvalue weighted by molar-refractivity contribution is 6.08. The molecule has 0 aliphatic rings. The van der Waals surface area contributed by atoms with Gasteiger partial charge in [-0.15, -0.1) is 0 Å². The van der Waals surface area contributed by atoms with Crippen molar-refractivity contribution in [2.45, 2.75) is 12.8 Å². The van der Waals surface area contributed by atoms with Gasteiger partial charge in [-0.05, 0) is 61.4 Å². The van der Waals surface area contributed by atoms with Gasteiger partial charge in [-0.2, -0.15) is 0 Å². The van der Waals surface area contributed by atoms with Gasteiger partial charge in [-0.1, -0.05) is 30.3 Å². The first-order valence-electron chi connectivity index (χ1n) is 10.1. The van der Waals surface area contributed by atoms with Gasteiger partial charge < -0.3 is 14.8 Å². The number of unbranched alkanes of at least 4 members (excludes halogenated alkanes) is 1. The van der Waals surface area contributed by atoms with Gasteiger partial charge in [-0.25, -0.2) is 4.39 Å². The molecule has 31 heavy (non-hydrogen) atoms. The summed E-state index contributed by atoms with van der Waals surface area (Å²) in [6.07, 6.45) is 1.51. The van der Waals surface area contributed by atoms with Crippen molar-refractivity contribution in [2.75, 3.05) is 19.8 Å². The largest absolute Gasteiger partial charge is 0.494 e. The molecular formula is C25H24FNO4. The lowest BCUT2D eigenvalue weighted by atomic mass is 10.0. The van der Waals surface area contributed by atoms with Crippen LogP contribution in [0, 0.1) is 5.82 Å². The molecule has 0 radical (unpaired) electrons. The molecule has 0 aromatic heterocycles. The number of carbonyl (C=O) groups excluding carboxylic acids is 2. The quantitative estimate of drug-likeness (QED) is 0.368. The Morgan fingerprint density at radius 3 is 2.06 bits per heavy atom. The van der Waals surface area contributed by atoms with Gasteiger partial charge >= 0.3 is 0 Å². The summed E-state index contributed by atoms with van der Waals surface area (Å²) in [6.45, 7) is 0.906. The van der Waals surface area contributed by atoms with E-state index in [-0.39, 0.29) is 24.1 Å². The van der Waals surface area contributed by atoms with Gasteiger partial charge in [0.05, 0.1) is 6.61 Å². The van der Waals surface area contributed by atoms with Gasteiger partial charge in [0, 0.05) is 17.7 Å². The average molecular weight is 421 g/mol. The summed E-state index contributed by atoms with van der Waals surface area (Å²) in [6, 6.07) is 21.6. The van der Waals surface area contributed by atoms with Gasteiger partial charge in [0.1, 0.15) is 17.3 Å². The highest BCUT2D eigenvalue weighted by Gasteiger charge is 2.09. The fourth-order valence-electron chi connectivity index (χ4n) is 2.83. The van der Waals surface area contributed by atoms with Crippen LogP contribution in [0.5, 0.6) is 11.5 Å². The zero-order valence-corrected chi connectivity index (χ0v) is 17.1. The number of amides is 1. The zero-order valence-electron chi connectivity index (χ0n) is 17.1. The fraction of sp³-hybridized carbons (Fsp3) is 0.200. The number of hydrogen-bond donors (Lipinski definition) is 1. The van der Waals surface area contributed by atoms with E-state index in [2.05, 4.69) is 5.32 Å². The second-order valence-corrected chi connectivity index (χ2v) is 6.87. The van der Waals surface area contributed by atoms with E-state index in [4.69, 9.17) is 9.47 Å². The number of benzene rings is 3. The Kier molecular flexibility index (Phi) is 8.17. The van der Waals surface area contributed by atoms with E-state index in [1.807, 2.05) is 18.2 Å². The topological polar surface area (TPSA) is 64.6 Å². The molecule has 6 heteroatoms. The van der Waals surface area contributed by atoms with E-state index < -0.39 is 0 Å². The average Bonchev–Trinajstić information content (AvgIpc) is 2.81. The highest BCUT2D eigenvalue weighted by atomic mass is 19.1. The number of ketones is 1. The van der Waals surface area contributed by atoms with Crippen molar-refractivity contribution in [2.24, 2.45) is 0 Å². The molecule has 5 nitrogen and oxygen atoms in total. The lowest BCUT2D eigenvalue weighted by Crippen LogP contribution is -2.29. The van der Waals surface area contributed by atoms with Gasteiger partial charge in [0.15, 0.2) is 12.4 Å². The molecular weight excluding hydrogens is 397 g/mol. The van der Waals surface area contributed by atoms with E-state index in [1.54, 1.807) is 48.5 Å². The summed E-state index contributed by atoms with van der Waals surface area (Å²) in [5, 5.41) is 2.79. The number of ether oxygens (including phenoxy) is 2. The van der Waals surface area contributed by atoms with Crippen LogP contribution < -0.4 is 14.8 Å². The molecule has 1 N–H and O–H groups in total. The first kappa shape index (κ1) is 22.0. The number of rotatable bonds is 11. The lowest BCUT2D eigenvalue weighted by Gasteiger charge is -2.09. The molecule has 3 aromatic rings. The molecule has 3 rings (SSSR count). The lowest BCUT2D eigenvalue weighted by molar-refractivity contribution is -0.123. The molecule has 0 saturated carbocycles. The minimum absolute atomic E-state index is 0.0618. The third-order valence-electron chi connectivity index (χ3n) is 4.50. The third kappa shape index (κ3) is 7.26. The molecule has 0 heterocycles. The van der Waals surface area contributed by atoms with E-state index in [1.165, 1.54) is 12.1 Å². The van der Waals surface area contributed by atoms with E-state index in [0.717, 1.165) is 12.8 Å². The van der Waals surface area contributed by atoms with Crippen LogP contribution in [0.2, 0.25) is 0 Å². The Morgan fingerprint density at radius 1 is 0.742 bits per heavy atom. The van der Waals surface area contributed by atoms with E-state index >= 15 is 0 Å². The maximum Gasteiger partial charge on any atom is 0.257 e. The molecule has 3 aromatic carbocycles. The second-order valence-electron chi connectivity index (χ2n) is 6.87. The van der Waals surface area contributed by atoms with Crippen molar-refractivity contribution in [3.8, 4) is 11.5 Å². The molecule has 0 atom stereocenters. The number of nitrogens with one attached hydrogen (secondary N) is 1. The smallest absolute Gasteiger partial charge is 0.257 e. The molecule has 0 unspecified atom stereocenters. The van der Waals surface area contributed by atoms with Crippen molar-refractivity contribution in [3.63, 3.8) is 0 Å². The van der Waals surface area contributed by atoms with Crippen molar-refractivity contribution in [1.29, 1.82) is 0 Å². The standard InChI is InChI=1S/C25H24FNO4/c26-21-10-14-22(15-11-21)30-17-5-4-16-27-24(28)18-31-23-12-8-20(9-13-23)25(29)19-6-2-1-3-7-19/h1-3,6-15H,4-5,16-18H2,(H,27,28). The first-order valence-corrected chi connectivity index (χ1v) is 10.1. The van der Waals surface area contributed by atoms with Crippen molar-refractivity contribution < 1.29 is 23.5 Å². The predicted molar refractivity (Wildman–Crippen MR) is 116 cm³/mol. The van der Waals surface area contributed by atoms with Crippen LogP contribution >= 0.6 is 0 Å². The zero-order chi connectivity index (χ0) is 21.9. The third-order valence-corrected chi connectivity index (χ3v) is 4.50. The summed E-state index contributed by atoms with van der Waals surface area (Å²) < 4.78 is 23.8. The van der Waals surface area contributed by atoms with Gasteiger partial charge in [-0.3, -0.25) is 9.59 Å². The number of halogens is 1. The summed E-state index contributed by atoms with van der Waals surface area (Å²) in [5.41, 5.74) is 1.18. The maximum atomic E-state index is 12.8. The minimum atomic E-state index is -0.297. The molecule has 160 valence electrons. The molecule has 0 spiro atoms. The number of hydrogen-bond acceptors (Lipinski definition) is 4. The van der Waals surface area contributed by atoms with E-state index in [0.29, 0.717) is 35.8 Å². The monoisotopic (exact) mass is 421 g/mol. The van der Waals surface area contributed by atoms with Crippen molar-refractivity contribution in [3.05, 3.63) is 95.8 Å². The first-order chi connectivity index (χ1) is 15.1. The summed E-state index contributed by atoms with van der Waals surface area (Å²) >= 11 is 0. The highest BCUT2D eigenvalue weighted by Crippen LogP contribution is 2.15. The van der Waals surface area contributed by atoms with Crippen LogP contribution in [0.1, 0.15) is 28.8 Å². The molecule has 0 bridgehead atoms. The molecule has 0 aliphatic heterocycles. The molecule has 0 fully saturated rings. The molecule has 1 amide bonds. The summed E-state index contributed by atoms with van der Waals surface area (Å²) in [7, 11) is 0. The van der Waals surface area contributed by atoms with Crippen LogP contribution in [-0.4, -0.2) is 31.4 Å². The number of carbonyl (C=O) groups is 2. The van der Waals surface area contributed by atoms with Crippen LogP contribution in [-0.2, 0) is 4.79 Å². The summed E-state index contributed by atoms with van der Waals surface area (Å²) in [5.74, 6) is 0.564. The minimum Gasteiger partial charge on any atom is -0.494 e. The Labute approximate surface area is 180 Å². The van der Waals surface area contributed by atoms with Crippen LogP contribution in [0.25, 0.3) is 0 Å². The van der Waals surface area contributed by atoms with Crippen molar-refractivity contribution in [1.82, 2.24) is 5.32 Å². The predicted octanol–water partition coefficient (Wildman–Crippen LogP) is 4.41. The Bertz CT molecular complexity index is 973. The fourth-order valence-corrected chi connectivity index (χ4v) is 2.83. The maximum absolute atomic E-state index is 12.8. The van der Waals surface area contributed by atoms with Crippen molar-refractivity contribution >= 4 is 11.7 Å². The van der Waals surface area contributed by atoms with Gasteiger partial charge in [0.25, 0.3) is 5.91 Å². The van der Waals surface area contributed by atoms with Crippen LogP contribution in [0.15, 0.2) is 78.9 Å². The molecule has 0 saturated heterocycles. The van der Waals surface area contributed by atoms with E-state index in [9.17, 15) is 14.0 Å². The Hall–Kier alpha value is -3.67. The molecule has 0 aliphatic carbocycles. The Balaban J connectivity index is 1.30. The SMILES string of the molecule is O=C(COc1ccc(C(=O)c2ccccc2)cc1)NCCCCOc1ccc(F)cc1. The van der Waals surface area contributed by atoms with Crippen LogP contribution in [0.3, 0.4) is 0 Å². The Morgan fingerprint density at radius 2 is 1.35 bits per heavy atom. The summed E-state index contributed by atoms with van der Waals surface area (Å²) in [4.78, 5) is 24.3. The van der Waals surface area contributed by atoms with Crippen LogP contribution in [0.4, 0.5) is 4.39 Å². The second kappa shape index (κ2) is 11.5. The normalized spacial score (nSPS) is 10.4.